The van der Waals surface area contributed by atoms with Crippen molar-refractivity contribution in [2.75, 3.05) is 6.61 Å². The summed E-state index contributed by atoms with van der Waals surface area (Å²) in [5, 5.41) is 0.437. The van der Waals surface area contributed by atoms with Crippen molar-refractivity contribution in [3.8, 4) is 0 Å². The summed E-state index contributed by atoms with van der Waals surface area (Å²) in [7, 11) is -1.51. The Bertz CT molecular complexity index is 594. The van der Waals surface area contributed by atoms with E-state index < -0.39 is 8.32 Å². The van der Waals surface area contributed by atoms with E-state index in [1.807, 2.05) is 11.8 Å². The van der Waals surface area contributed by atoms with Crippen molar-refractivity contribution >= 4 is 20.1 Å². The molecule has 0 heterocycles. The van der Waals surface area contributed by atoms with Crippen LogP contribution in [0.5, 0.6) is 0 Å². The van der Waals surface area contributed by atoms with Gasteiger partial charge in [-0.05, 0) is 49.7 Å². The Morgan fingerprint density at radius 1 is 0.920 bits per heavy atom. The lowest BCUT2D eigenvalue weighted by atomic mass is 9.94. The molecule has 2 atom stereocenters. The quantitative estimate of drug-likeness (QED) is 0.323. The number of hydrogen-bond donors (Lipinski definition) is 0. The molecule has 1 nitrogen and oxygen atoms in total. The molecule has 0 radical (unpaired) electrons. The van der Waals surface area contributed by atoms with Crippen molar-refractivity contribution in [2.24, 2.45) is 5.92 Å². The number of hydrogen-bond acceptors (Lipinski definition) is 2. The van der Waals surface area contributed by atoms with Crippen molar-refractivity contribution in [3.63, 3.8) is 0 Å². The smallest absolute Gasteiger partial charge is 0.183 e. The van der Waals surface area contributed by atoms with Gasteiger partial charge >= 0.3 is 0 Å². The third-order valence-corrected chi connectivity index (χ3v) is 6.71. The van der Waals surface area contributed by atoms with Crippen molar-refractivity contribution in [2.45, 2.75) is 56.0 Å². The van der Waals surface area contributed by atoms with Gasteiger partial charge in [-0.3, -0.25) is 0 Å². The van der Waals surface area contributed by atoms with Gasteiger partial charge in [0.1, 0.15) is 0 Å². The fraction of sp³-hybridized carbons (Fsp3) is 0.455. The topological polar surface area (TPSA) is 9.23 Å². The lowest BCUT2D eigenvalue weighted by Crippen LogP contribution is -2.30. The Kier molecular flexibility index (Phi) is 8.27. The van der Waals surface area contributed by atoms with E-state index >= 15 is 0 Å². The zero-order valence-electron chi connectivity index (χ0n) is 16.1. The number of benzene rings is 2. The second-order valence-corrected chi connectivity index (χ2v) is 13.3. The van der Waals surface area contributed by atoms with E-state index in [-0.39, 0.29) is 0 Å². The van der Waals surface area contributed by atoms with E-state index in [0.29, 0.717) is 11.2 Å². The van der Waals surface area contributed by atoms with Gasteiger partial charge in [-0.15, -0.1) is 11.8 Å². The Morgan fingerprint density at radius 3 is 2.08 bits per heavy atom. The molecule has 3 heteroatoms. The van der Waals surface area contributed by atoms with Gasteiger partial charge in [0, 0.05) is 16.8 Å². The average Bonchev–Trinajstić information content (AvgIpc) is 2.61. The van der Waals surface area contributed by atoms with Crippen LogP contribution in [0.4, 0.5) is 0 Å². The van der Waals surface area contributed by atoms with Crippen LogP contribution in [0.15, 0.2) is 65.6 Å². The van der Waals surface area contributed by atoms with E-state index in [1.54, 1.807) is 0 Å². The fourth-order valence-corrected chi connectivity index (χ4v) is 4.89. The predicted molar refractivity (Wildman–Crippen MR) is 114 cm³/mol. The summed E-state index contributed by atoms with van der Waals surface area (Å²) < 4.78 is 6.35. The molecule has 0 aliphatic carbocycles. The molecule has 0 aromatic heterocycles. The highest BCUT2D eigenvalue weighted by Crippen LogP contribution is 2.43. The SMILES string of the molecule is CCCCC(CO[Si](C)(C)C)C(Sc1ccccc1)c1ccccc1. The first-order valence-corrected chi connectivity index (χ1v) is 13.7. The molecule has 0 bridgehead atoms. The van der Waals surface area contributed by atoms with Crippen LogP contribution < -0.4 is 0 Å². The van der Waals surface area contributed by atoms with E-state index in [2.05, 4.69) is 87.2 Å². The summed E-state index contributed by atoms with van der Waals surface area (Å²) >= 11 is 1.99. The van der Waals surface area contributed by atoms with Crippen LogP contribution in [0.3, 0.4) is 0 Å². The second-order valence-electron chi connectivity index (χ2n) is 7.59. The first-order chi connectivity index (χ1) is 12.0. The highest BCUT2D eigenvalue weighted by molar-refractivity contribution is 7.99. The van der Waals surface area contributed by atoms with Gasteiger partial charge in [-0.1, -0.05) is 68.3 Å². The second kappa shape index (κ2) is 10.2. The standard InChI is InChI=1S/C22H32OSSi/c1-5-6-13-20(18-23-25(2,3)4)22(19-14-9-7-10-15-19)24-21-16-11-8-12-17-21/h7-12,14-17,20,22H,5-6,13,18H2,1-4H3. The molecule has 0 saturated carbocycles. The highest BCUT2D eigenvalue weighted by atomic mass is 32.2. The van der Waals surface area contributed by atoms with E-state index in [4.69, 9.17) is 4.43 Å². The van der Waals surface area contributed by atoms with Crippen LogP contribution in [0.2, 0.25) is 19.6 Å². The predicted octanol–water partition coefficient (Wildman–Crippen LogP) is 7.18. The summed E-state index contributed by atoms with van der Waals surface area (Å²) in [6, 6.07) is 21.7. The Hall–Kier alpha value is -1.03. The monoisotopic (exact) mass is 372 g/mol. The summed E-state index contributed by atoms with van der Waals surface area (Å²) in [6.07, 6.45) is 3.72. The third-order valence-electron chi connectivity index (χ3n) is 4.22. The first-order valence-electron chi connectivity index (χ1n) is 9.40. The largest absolute Gasteiger partial charge is 0.417 e. The molecule has 2 rings (SSSR count). The maximum atomic E-state index is 6.35. The van der Waals surface area contributed by atoms with Gasteiger partial charge in [0.2, 0.25) is 0 Å². The van der Waals surface area contributed by atoms with Gasteiger partial charge in [0.25, 0.3) is 0 Å². The van der Waals surface area contributed by atoms with Crippen molar-refractivity contribution in [3.05, 3.63) is 66.2 Å². The molecular weight excluding hydrogens is 340 g/mol. The van der Waals surface area contributed by atoms with Crippen LogP contribution in [-0.2, 0) is 4.43 Å². The van der Waals surface area contributed by atoms with Crippen LogP contribution in [0.1, 0.15) is 37.0 Å². The van der Waals surface area contributed by atoms with Gasteiger partial charge in [0.15, 0.2) is 8.32 Å². The number of rotatable bonds is 10. The minimum absolute atomic E-state index is 0.437. The Labute approximate surface area is 159 Å². The molecule has 2 unspecified atom stereocenters. The molecule has 2 aromatic carbocycles. The molecule has 25 heavy (non-hydrogen) atoms. The van der Waals surface area contributed by atoms with Crippen molar-refractivity contribution < 1.29 is 4.43 Å². The van der Waals surface area contributed by atoms with Crippen LogP contribution in [-0.4, -0.2) is 14.9 Å². The van der Waals surface area contributed by atoms with E-state index in [9.17, 15) is 0 Å². The van der Waals surface area contributed by atoms with Gasteiger partial charge in [-0.2, -0.15) is 0 Å². The number of thioether (sulfide) groups is 1. The van der Waals surface area contributed by atoms with Gasteiger partial charge in [-0.25, -0.2) is 0 Å². The van der Waals surface area contributed by atoms with Crippen LogP contribution in [0.25, 0.3) is 0 Å². The Morgan fingerprint density at radius 2 is 1.52 bits per heavy atom. The minimum atomic E-state index is -1.51. The van der Waals surface area contributed by atoms with Gasteiger partial charge < -0.3 is 4.43 Å². The molecule has 0 amide bonds. The highest BCUT2D eigenvalue weighted by Gasteiger charge is 2.26. The maximum Gasteiger partial charge on any atom is 0.183 e. The van der Waals surface area contributed by atoms with E-state index in [0.717, 1.165) is 6.61 Å². The van der Waals surface area contributed by atoms with E-state index in [1.165, 1.54) is 29.7 Å². The van der Waals surface area contributed by atoms with Crippen molar-refractivity contribution in [1.82, 2.24) is 0 Å². The molecular formula is C22H32OSSi. The molecule has 2 aromatic rings. The molecule has 0 saturated heterocycles. The van der Waals surface area contributed by atoms with Gasteiger partial charge in [0.05, 0.1) is 0 Å². The normalized spacial score (nSPS) is 14.2. The molecule has 0 aliphatic rings. The summed E-state index contributed by atoms with van der Waals surface area (Å²) in [6.45, 7) is 10.00. The fourth-order valence-electron chi connectivity index (χ4n) is 2.87. The maximum absolute atomic E-state index is 6.35. The molecule has 0 fully saturated rings. The molecule has 0 N–H and O–H groups in total. The van der Waals surface area contributed by atoms with Crippen molar-refractivity contribution in [1.29, 1.82) is 0 Å². The summed E-state index contributed by atoms with van der Waals surface area (Å²) in [4.78, 5) is 1.34. The Balaban J connectivity index is 2.24. The summed E-state index contributed by atoms with van der Waals surface area (Å²) in [5.41, 5.74) is 1.41. The zero-order valence-corrected chi connectivity index (χ0v) is 17.9. The average molecular weight is 373 g/mol. The van der Waals surface area contributed by atoms with Crippen LogP contribution in [0, 0.1) is 5.92 Å². The minimum Gasteiger partial charge on any atom is -0.417 e. The lowest BCUT2D eigenvalue weighted by Gasteiger charge is -2.30. The third kappa shape index (κ3) is 7.39. The first kappa shape index (κ1) is 20.3. The zero-order chi connectivity index (χ0) is 18.1. The molecule has 0 spiro atoms. The lowest BCUT2D eigenvalue weighted by molar-refractivity contribution is 0.228. The molecule has 0 aliphatic heterocycles. The number of unbranched alkanes of at least 4 members (excludes halogenated alkanes) is 1. The molecule has 136 valence electrons. The summed E-state index contributed by atoms with van der Waals surface area (Å²) in [5.74, 6) is 0.541. The van der Waals surface area contributed by atoms with Crippen LogP contribution >= 0.6 is 11.8 Å².